The minimum Gasteiger partial charge on any atom is -0.272 e. The van der Waals surface area contributed by atoms with Crippen molar-refractivity contribution in [2.75, 3.05) is 0 Å². The lowest BCUT2D eigenvalue weighted by molar-refractivity contribution is 0.622. The summed E-state index contributed by atoms with van der Waals surface area (Å²) >= 11 is 6.16. The number of hydrogen-bond donors (Lipinski definition) is 0. The Kier molecular flexibility index (Phi) is 4.90. The first kappa shape index (κ1) is 20.2. The summed E-state index contributed by atoms with van der Waals surface area (Å²) < 4.78 is 17.6. The lowest BCUT2D eigenvalue weighted by atomic mass is 10.1. The molecule has 0 unspecified atom stereocenters. The molecule has 0 fully saturated rings. The van der Waals surface area contributed by atoms with Crippen molar-refractivity contribution in [3.05, 3.63) is 115 Å². The van der Waals surface area contributed by atoms with Gasteiger partial charge in [-0.1, -0.05) is 59.6 Å². The summed E-state index contributed by atoms with van der Waals surface area (Å²) in [6, 6.07) is 18.8. The SMILES string of the molecule is Cc1ccc(Cn2c(=O)c3ccccc3n3c(=O)n(Cc4ccc(F)cc4Cl)nc23)cc1. The molecule has 0 spiro atoms. The summed E-state index contributed by atoms with van der Waals surface area (Å²) in [5, 5.41) is 5.10. The zero-order chi connectivity index (χ0) is 22.4. The summed E-state index contributed by atoms with van der Waals surface area (Å²) in [4.78, 5) is 26.6. The molecule has 2 heterocycles. The smallest absolute Gasteiger partial charge is 0.272 e. The van der Waals surface area contributed by atoms with E-state index in [9.17, 15) is 14.0 Å². The molecule has 160 valence electrons. The molecule has 0 saturated carbocycles. The van der Waals surface area contributed by atoms with Gasteiger partial charge in [0.1, 0.15) is 5.82 Å². The topological polar surface area (TPSA) is 61.3 Å². The molecule has 2 aromatic heterocycles. The van der Waals surface area contributed by atoms with Gasteiger partial charge < -0.3 is 0 Å². The molecule has 0 bridgehead atoms. The fourth-order valence-corrected chi connectivity index (χ4v) is 4.03. The Morgan fingerprint density at radius 2 is 1.72 bits per heavy atom. The van der Waals surface area contributed by atoms with Crippen molar-refractivity contribution in [2.24, 2.45) is 0 Å². The third-order valence-corrected chi connectivity index (χ3v) is 5.83. The molecule has 0 N–H and O–H groups in total. The van der Waals surface area contributed by atoms with Crippen LogP contribution in [-0.2, 0) is 13.1 Å². The highest BCUT2D eigenvalue weighted by Crippen LogP contribution is 2.18. The van der Waals surface area contributed by atoms with Crippen LogP contribution in [0, 0.1) is 12.7 Å². The average Bonchev–Trinajstić information content (AvgIpc) is 3.10. The van der Waals surface area contributed by atoms with Crippen LogP contribution in [0.25, 0.3) is 16.7 Å². The molecule has 0 atom stereocenters. The molecule has 0 saturated heterocycles. The molecule has 5 aromatic rings. The predicted octanol–water partition coefficient (Wildman–Crippen LogP) is 4.01. The molecular weight excluding hydrogens is 431 g/mol. The van der Waals surface area contributed by atoms with Gasteiger partial charge in [-0.25, -0.2) is 18.3 Å². The summed E-state index contributed by atoms with van der Waals surface area (Å²) in [5.41, 5.74) is 2.42. The van der Waals surface area contributed by atoms with Gasteiger partial charge in [-0.15, -0.1) is 5.10 Å². The number of fused-ring (bicyclic) bond motifs is 3. The van der Waals surface area contributed by atoms with E-state index in [1.807, 2.05) is 31.2 Å². The fourth-order valence-electron chi connectivity index (χ4n) is 3.80. The van der Waals surface area contributed by atoms with Crippen molar-refractivity contribution in [1.29, 1.82) is 0 Å². The van der Waals surface area contributed by atoms with Crippen LogP contribution in [0.5, 0.6) is 0 Å². The first-order valence-electron chi connectivity index (χ1n) is 10.0. The molecule has 0 amide bonds. The number of rotatable bonds is 4. The Morgan fingerprint density at radius 3 is 2.47 bits per heavy atom. The Morgan fingerprint density at radius 1 is 0.969 bits per heavy atom. The van der Waals surface area contributed by atoms with E-state index in [4.69, 9.17) is 11.6 Å². The summed E-state index contributed by atoms with van der Waals surface area (Å²) in [5.74, 6) is -0.225. The van der Waals surface area contributed by atoms with Crippen molar-refractivity contribution < 1.29 is 4.39 Å². The van der Waals surface area contributed by atoms with Crippen LogP contribution in [0.15, 0.2) is 76.3 Å². The molecule has 32 heavy (non-hydrogen) atoms. The highest BCUT2D eigenvalue weighted by atomic mass is 35.5. The molecule has 0 aliphatic carbocycles. The van der Waals surface area contributed by atoms with Gasteiger partial charge in [0.25, 0.3) is 5.56 Å². The number of benzene rings is 3. The summed E-state index contributed by atoms with van der Waals surface area (Å²) in [6.45, 7) is 2.31. The molecule has 8 heteroatoms. The van der Waals surface area contributed by atoms with Crippen molar-refractivity contribution in [3.8, 4) is 0 Å². The molecule has 6 nitrogen and oxygen atoms in total. The van der Waals surface area contributed by atoms with E-state index in [0.717, 1.165) is 11.1 Å². The molecule has 0 aliphatic heterocycles. The van der Waals surface area contributed by atoms with Gasteiger partial charge in [0.05, 0.1) is 24.0 Å². The van der Waals surface area contributed by atoms with Gasteiger partial charge in [0.15, 0.2) is 0 Å². The first-order chi connectivity index (χ1) is 15.4. The number of nitrogens with zero attached hydrogens (tertiary/aromatic N) is 4. The Hall–Kier alpha value is -3.71. The number of para-hydroxylation sites is 1. The van der Waals surface area contributed by atoms with Crippen LogP contribution in [0.1, 0.15) is 16.7 Å². The minimum absolute atomic E-state index is 0.0483. The van der Waals surface area contributed by atoms with Crippen LogP contribution in [0.3, 0.4) is 0 Å². The third-order valence-electron chi connectivity index (χ3n) is 5.48. The second kappa shape index (κ2) is 7.76. The Balaban J connectivity index is 1.74. The van der Waals surface area contributed by atoms with Crippen molar-refractivity contribution >= 4 is 28.3 Å². The van der Waals surface area contributed by atoms with Gasteiger partial charge in [0, 0.05) is 5.02 Å². The highest BCUT2D eigenvalue weighted by Gasteiger charge is 2.18. The van der Waals surface area contributed by atoms with Gasteiger partial charge in [-0.3, -0.25) is 9.36 Å². The quantitative estimate of drug-likeness (QED) is 0.417. The van der Waals surface area contributed by atoms with E-state index < -0.39 is 11.5 Å². The maximum atomic E-state index is 13.4. The van der Waals surface area contributed by atoms with Crippen LogP contribution in [-0.4, -0.2) is 18.7 Å². The van der Waals surface area contributed by atoms with Gasteiger partial charge in [0.2, 0.25) is 5.78 Å². The largest absolute Gasteiger partial charge is 0.352 e. The average molecular weight is 449 g/mol. The zero-order valence-electron chi connectivity index (χ0n) is 17.1. The summed E-state index contributed by atoms with van der Waals surface area (Å²) in [7, 11) is 0. The van der Waals surface area contributed by atoms with E-state index in [1.165, 1.54) is 31.8 Å². The minimum atomic E-state index is -0.459. The predicted molar refractivity (Wildman–Crippen MR) is 122 cm³/mol. The van der Waals surface area contributed by atoms with Gasteiger partial charge in [-0.2, -0.15) is 0 Å². The number of hydrogen-bond acceptors (Lipinski definition) is 3. The van der Waals surface area contributed by atoms with E-state index >= 15 is 0 Å². The van der Waals surface area contributed by atoms with Crippen molar-refractivity contribution in [3.63, 3.8) is 0 Å². The van der Waals surface area contributed by atoms with Crippen LogP contribution < -0.4 is 11.2 Å². The monoisotopic (exact) mass is 448 g/mol. The lowest BCUT2D eigenvalue weighted by Gasteiger charge is -2.10. The van der Waals surface area contributed by atoms with E-state index in [1.54, 1.807) is 24.3 Å². The maximum absolute atomic E-state index is 13.4. The van der Waals surface area contributed by atoms with E-state index in [0.29, 0.717) is 16.5 Å². The second-order valence-electron chi connectivity index (χ2n) is 7.71. The molecular formula is C24H18ClFN4O2. The van der Waals surface area contributed by atoms with E-state index in [-0.39, 0.29) is 29.4 Å². The molecule has 0 radical (unpaired) electrons. The first-order valence-corrected chi connectivity index (χ1v) is 10.4. The van der Waals surface area contributed by atoms with Crippen LogP contribution in [0.2, 0.25) is 5.02 Å². The molecule has 5 rings (SSSR count). The third kappa shape index (κ3) is 3.40. The standard InChI is InChI=1S/C24H18ClFN4O2/c1-15-6-8-16(9-7-15)13-28-22(31)19-4-2-3-5-21(19)30-23(28)27-29(24(30)32)14-17-10-11-18(26)12-20(17)25/h2-12H,13-14H2,1H3. The molecule has 3 aromatic carbocycles. The Bertz CT molecular complexity index is 1600. The van der Waals surface area contributed by atoms with Crippen molar-refractivity contribution in [1.82, 2.24) is 18.7 Å². The Labute approximate surface area is 186 Å². The maximum Gasteiger partial charge on any atom is 0.352 e. The molecule has 0 aliphatic rings. The second-order valence-corrected chi connectivity index (χ2v) is 8.11. The normalized spacial score (nSPS) is 11.5. The highest BCUT2D eigenvalue weighted by molar-refractivity contribution is 6.31. The fraction of sp³-hybridized carbons (Fsp3) is 0.125. The van der Waals surface area contributed by atoms with Crippen LogP contribution in [0.4, 0.5) is 4.39 Å². The number of aromatic nitrogens is 4. The van der Waals surface area contributed by atoms with Gasteiger partial charge in [-0.05, 0) is 42.3 Å². The van der Waals surface area contributed by atoms with E-state index in [2.05, 4.69) is 5.10 Å². The number of aryl methyl sites for hydroxylation is 1. The zero-order valence-corrected chi connectivity index (χ0v) is 17.9. The van der Waals surface area contributed by atoms with Crippen LogP contribution >= 0.6 is 11.6 Å². The van der Waals surface area contributed by atoms with Crippen molar-refractivity contribution in [2.45, 2.75) is 20.0 Å². The lowest BCUT2D eigenvalue weighted by Crippen LogP contribution is -2.27. The number of halogens is 2. The van der Waals surface area contributed by atoms with Gasteiger partial charge >= 0.3 is 5.69 Å². The summed E-state index contributed by atoms with van der Waals surface area (Å²) in [6.07, 6.45) is 0.